The van der Waals surface area contributed by atoms with Crippen LogP contribution in [0.3, 0.4) is 0 Å². The molecule has 0 saturated carbocycles. The zero-order valence-corrected chi connectivity index (χ0v) is 10.8. The van der Waals surface area contributed by atoms with E-state index < -0.39 is 0 Å². The molecule has 1 aromatic rings. The number of rotatable bonds is 0. The van der Waals surface area contributed by atoms with Gasteiger partial charge in [0.05, 0.1) is 21.3 Å². The number of carbonyl (C=O) groups excluding carboxylic acids is 2. The van der Waals surface area contributed by atoms with E-state index >= 15 is 0 Å². The predicted octanol–water partition coefficient (Wildman–Crippen LogP) is 2.02. The van der Waals surface area contributed by atoms with Crippen LogP contribution in [0, 0.1) is 0 Å². The number of amides is 2. The SMILES string of the molecule is CN1C(=O)c2cc(Br)c(N)c(Br)c2C1=O. The number of benzene rings is 1. The lowest BCUT2D eigenvalue weighted by Crippen LogP contribution is -2.24. The maximum atomic E-state index is 11.7. The third-order valence-corrected chi connectivity index (χ3v) is 3.79. The van der Waals surface area contributed by atoms with Gasteiger partial charge in [-0.3, -0.25) is 14.5 Å². The number of anilines is 1. The van der Waals surface area contributed by atoms with Gasteiger partial charge in [0.2, 0.25) is 0 Å². The Morgan fingerprint density at radius 2 is 1.87 bits per heavy atom. The Hall–Kier alpha value is -0.880. The van der Waals surface area contributed by atoms with Crippen molar-refractivity contribution >= 4 is 49.4 Å². The summed E-state index contributed by atoms with van der Waals surface area (Å²) in [6.45, 7) is 0. The summed E-state index contributed by atoms with van der Waals surface area (Å²) < 4.78 is 1.07. The Balaban J connectivity index is 2.81. The minimum absolute atomic E-state index is 0.309. The highest BCUT2D eigenvalue weighted by molar-refractivity contribution is 9.11. The van der Waals surface area contributed by atoms with E-state index in [9.17, 15) is 9.59 Å². The summed E-state index contributed by atoms with van der Waals surface area (Å²) in [5, 5.41) is 0. The number of nitrogens with zero attached hydrogens (tertiary/aromatic N) is 1. The van der Waals surface area contributed by atoms with Gasteiger partial charge in [0.1, 0.15) is 0 Å². The molecule has 1 aliphatic rings. The molecular weight excluding hydrogens is 328 g/mol. The van der Waals surface area contributed by atoms with Crippen LogP contribution in [-0.4, -0.2) is 23.8 Å². The number of imide groups is 1. The Morgan fingerprint density at radius 3 is 2.47 bits per heavy atom. The molecule has 15 heavy (non-hydrogen) atoms. The molecule has 2 N–H and O–H groups in total. The molecule has 0 fully saturated rings. The molecule has 78 valence electrons. The van der Waals surface area contributed by atoms with Gasteiger partial charge in [-0.1, -0.05) is 0 Å². The number of nitrogens with two attached hydrogens (primary N) is 1. The van der Waals surface area contributed by atoms with Gasteiger partial charge in [0, 0.05) is 11.5 Å². The van der Waals surface area contributed by atoms with Crippen molar-refractivity contribution in [3.05, 3.63) is 26.1 Å². The summed E-state index contributed by atoms with van der Waals surface area (Å²) >= 11 is 6.45. The molecule has 0 spiro atoms. The molecule has 0 radical (unpaired) electrons. The summed E-state index contributed by atoms with van der Waals surface area (Å²) in [6, 6.07) is 1.57. The van der Waals surface area contributed by atoms with E-state index in [1.165, 1.54) is 7.05 Å². The van der Waals surface area contributed by atoms with Crippen molar-refractivity contribution < 1.29 is 9.59 Å². The maximum absolute atomic E-state index is 11.7. The third kappa shape index (κ3) is 1.32. The molecule has 0 atom stereocenters. The van der Waals surface area contributed by atoms with Crippen molar-refractivity contribution in [2.24, 2.45) is 0 Å². The van der Waals surface area contributed by atoms with Gasteiger partial charge in [0.25, 0.3) is 11.8 Å². The van der Waals surface area contributed by atoms with E-state index in [-0.39, 0.29) is 11.8 Å². The highest BCUT2D eigenvalue weighted by Gasteiger charge is 2.36. The predicted molar refractivity (Wildman–Crippen MR) is 62.7 cm³/mol. The average molecular weight is 334 g/mol. The number of carbonyl (C=O) groups is 2. The first kappa shape index (κ1) is 10.6. The van der Waals surface area contributed by atoms with Crippen LogP contribution in [0.5, 0.6) is 0 Å². The fourth-order valence-electron chi connectivity index (χ4n) is 1.45. The first-order valence-electron chi connectivity index (χ1n) is 4.05. The molecule has 0 aliphatic carbocycles. The van der Waals surface area contributed by atoms with Crippen LogP contribution in [0.4, 0.5) is 5.69 Å². The van der Waals surface area contributed by atoms with E-state index in [4.69, 9.17) is 5.73 Å². The molecule has 1 heterocycles. The summed E-state index contributed by atoms with van der Waals surface area (Å²) in [5.74, 6) is -0.641. The van der Waals surface area contributed by atoms with E-state index in [2.05, 4.69) is 31.9 Å². The van der Waals surface area contributed by atoms with Crippen molar-refractivity contribution in [2.75, 3.05) is 12.8 Å². The summed E-state index contributed by atoms with van der Waals surface area (Å²) in [6.07, 6.45) is 0. The Morgan fingerprint density at radius 1 is 1.27 bits per heavy atom. The van der Waals surface area contributed by atoms with Gasteiger partial charge in [-0.05, 0) is 37.9 Å². The van der Waals surface area contributed by atoms with Crippen molar-refractivity contribution in [2.45, 2.75) is 0 Å². The Kier molecular flexibility index (Phi) is 2.35. The van der Waals surface area contributed by atoms with Crippen molar-refractivity contribution in [1.29, 1.82) is 0 Å². The monoisotopic (exact) mass is 332 g/mol. The molecule has 2 amide bonds. The number of hydrogen-bond donors (Lipinski definition) is 1. The zero-order valence-electron chi connectivity index (χ0n) is 7.67. The van der Waals surface area contributed by atoms with E-state index in [0.29, 0.717) is 25.8 Å². The first-order chi connectivity index (χ1) is 6.95. The quantitative estimate of drug-likeness (QED) is 0.583. The fraction of sp³-hybridized carbons (Fsp3) is 0.111. The molecule has 2 rings (SSSR count). The summed E-state index contributed by atoms with van der Waals surface area (Å²) in [5.41, 5.74) is 6.86. The molecule has 4 nitrogen and oxygen atoms in total. The van der Waals surface area contributed by atoms with Gasteiger partial charge in [0.15, 0.2) is 0 Å². The second-order valence-corrected chi connectivity index (χ2v) is 4.83. The number of halogens is 2. The second kappa shape index (κ2) is 3.31. The first-order valence-corrected chi connectivity index (χ1v) is 5.63. The van der Waals surface area contributed by atoms with Crippen LogP contribution < -0.4 is 5.73 Å². The van der Waals surface area contributed by atoms with Gasteiger partial charge in [-0.25, -0.2) is 0 Å². The van der Waals surface area contributed by atoms with Crippen LogP contribution in [0.25, 0.3) is 0 Å². The Labute approximate surface area is 103 Å². The lowest BCUT2D eigenvalue weighted by molar-refractivity contribution is 0.0693. The number of nitrogen functional groups attached to an aromatic ring is 1. The van der Waals surface area contributed by atoms with Crippen molar-refractivity contribution in [3.63, 3.8) is 0 Å². The summed E-state index contributed by atoms with van der Waals surface area (Å²) in [4.78, 5) is 24.4. The maximum Gasteiger partial charge on any atom is 0.262 e. The molecule has 1 aromatic carbocycles. The van der Waals surface area contributed by atoms with E-state index in [1.807, 2.05) is 0 Å². The molecule has 0 aromatic heterocycles. The van der Waals surface area contributed by atoms with Crippen LogP contribution >= 0.6 is 31.9 Å². The van der Waals surface area contributed by atoms with Crippen LogP contribution in [-0.2, 0) is 0 Å². The highest BCUT2D eigenvalue weighted by Crippen LogP contribution is 2.37. The number of hydrogen-bond acceptors (Lipinski definition) is 3. The Bertz CT molecular complexity index is 499. The van der Waals surface area contributed by atoms with Crippen LogP contribution in [0.2, 0.25) is 0 Å². The van der Waals surface area contributed by atoms with Gasteiger partial charge in [-0.15, -0.1) is 0 Å². The van der Waals surface area contributed by atoms with E-state index in [1.54, 1.807) is 6.07 Å². The van der Waals surface area contributed by atoms with Gasteiger partial charge < -0.3 is 5.73 Å². The summed E-state index contributed by atoms with van der Waals surface area (Å²) in [7, 11) is 1.45. The largest absolute Gasteiger partial charge is 0.397 e. The molecular formula is C9H6Br2N2O2. The van der Waals surface area contributed by atoms with Crippen molar-refractivity contribution in [3.8, 4) is 0 Å². The molecule has 0 bridgehead atoms. The standard InChI is InChI=1S/C9H6Br2N2O2/c1-13-8(14)3-2-4(10)7(12)6(11)5(3)9(13)15/h2H,12H2,1H3. The minimum Gasteiger partial charge on any atom is -0.397 e. The fourth-order valence-corrected chi connectivity index (χ4v) is 2.74. The molecule has 0 saturated heterocycles. The van der Waals surface area contributed by atoms with E-state index in [0.717, 1.165) is 4.90 Å². The van der Waals surface area contributed by atoms with Crippen molar-refractivity contribution in [1.82, 2.24) is 4.90 Å². The lowest BCUT2D eigenvalue weighted by Gasteiger charge is -2.05. The normalized spacial score (nSPS) is 14.7. The zero-order chi connectivity index (χ0) is 11.3. The lowest BCUT2D eigenvalue weighted by atomic mass is 10.1. The second-order valence-electron chi connectivity index (χ2n) is 3.18. The molecule has 6 heteroatoms. The average Bonchev–Trinajstić information content (AvgIpc) is 2.40. The minimum atomic E-state index is -0.332. The molecule has 0 unspecified atom stereocenters. The third-order valence-electron chi connectivity index (χ3n) is 2.31. The van der Waals surface area contributed by atoms with Crippen LogP contribution in [0.15, 0.2) is 15.0 Å². The van der Waals surface area contributed by atoms with Crippen LogP contribution in [0.1, 0.15) is 20.7 Å². The van der Waals surface area contributed by atoms with Gasteiger partial charge in [-0.2, -0.15) is 0 Å². The van der Waals surface area contributed by atoms with Gasteiger partial charge >= 0.3 is 0 Å². The topological polar surface area (TPSA) is 63.4 Å². The molecule has 1 aliphatic heterocycles. The smallest absolute Gasteiger partial charge is 0.262 e. The number of fused-ring (bicyclic) bond motifs is 1. The highest BCUT2D eigenvalue weighted by atomic mass is 79.9.